The van der Waals surface area contributed by atoms with Gasteiger partial charge in [0.15, 0.2) is 11.2 Å². The largest absolute Gasteiger partial charge is 0.480 e. The summed E-state index contributed by atoms with van der Waals surface area (Å²) in [6, 6.07) is 5.74. The maximum absolute atomic E-state index is 11.8. The summed E-state index contributed by atoms with van der Waals surface area (Å²) in [5, 5.41) is 18.2. The number of Topliss-reactive ketones (excluding diaryl/α,β-unsaturated/α-hetero) is 1. The summed E-state index contributed by atoms with van der Waals surface area (Å²) < 4.78 is 0.887. The van der Waals surface area contributed by atoms with Crippen LogP contribution in [-0.2, 0) is 15.0 Å². The number of alkyl halides is 1. The lowest BCUT2D eigenvalue weighted by molar-refractivity contribution is -0.156. The number of aliphatic carboxylic acids is 2. The van der Waals surface area contributed by atoms with Crippen molar-refractivity contribution in [1.82, 2.24) is 0 Å². The summed E-state index contributed by atoms with van der Waals surface area (Å²) >= 11 is 2.19. The van der Waals surface area contributed by atoms with E-state index >= 15 is 0 Å². The molecule has 0 amide bonds. The first kappa shape index (κ1) is 16.6. The molecule has 20 heavy (non-hydrogen) atoms. The molecule has 1 aromatic carbocycles. The number of halogens is 1. The number of carbonyl (C=O) groups excluding carboxylic acids is 1. The maximum atomic E-state index is 11.8. The zero-order valence-electron chi connectivity index (χ0n) is 10.9. The highest BCUT2D eigenvalue weighted by atomic mass is 127. The van der Waals surface area contributed by atoms with Gasteiger partial charge in [0.1, 0.15) is 0 Å². The Morgan fingerprint density at radius 3 is 2.00 bits per heavy atom. The van der Waals surface area contributed by atoms with E-state index in [1.54, 1.807) is 0 Å². The second-order valence-electron chi connectivity index (χ2n) is 4.53. The highest BCUT2D eigenvalue weighted by Gasteiger charge is 2.43. The molecule has 0 aliphatic heterocycles. The Morgan fingerprint density at radius 1 is 1.10 bits per heavy atom. The molecule has 2 N–H and O–H groups in total. The average Bonchev–Trinajstić information content (AvgIpc) is 2.43. The zero-order chi connectivity index (χ0) is 15.3. The van der Waals surface area contributed by atoms with E-state index in [9.17, 15) is 14.4 Å². The van der Waals surface area contributed by atoms with E-state index < -0.39 is 17.4 Å². The van der Waals surface area contributed by atoms with Gasteiger partial charge in [-0.1, -0.05) is 46.9 Å². The summed E-state index contributed by atoms with van der Waals surface area (Å²) in [7, 11) is 0. The van der Waals surface area contributed by atoms with Gasteiger partial charge < -0.3 is 10.2 Å². The summed E-state index contributed by atoms with van der Waals surface area (Å²) in [5.41, 5.74) is -1.40. The molecule has 1 rings (SSSR count). The van der Waals surface area contributed by atoms with Crippen molar-refractivity contribution >= 4 is 40.3 Å². The molecule has 0 aliphatic carbocycles. The molecule has 0 saturated carbocycles. The lowest BCUT2D eigenvalue weighted by atomic mass is 9.82. The van der Waals surface area contributed by atoms with E-state index in [1.807, 2.05) is 0 Å². The van der Waals surface area contributed by atoms with Crippen molar-refractivity contribution in [2.45, 2.75) is 25.2 Å². The normalized spacial score (nSPS) is 11.1. The van der Waals surface area contributed by atoms with Gasteiger partial charge in [-0.05, 0) is 23.3 Å². The van der Waals surface area contributed by atoms with Crippen LogP contribution in [-0.4, -0.2) is 32.4 Å². The minimum absolute atomic E-state index is 0.0273. The molecule has 0 saturated heterocycles. The molecule has 108 valence electrons. The van der Waals surface area contributed by atoms with Crippen molar-refractivity contribution in [3.8, 4) is 0 Å². The lowest BCUT2D eigenvalue weighted by Gasteiger charge is -2.20. The topological polar surface area (TPSA) is 91.7 Å². The van der Waals surface area contributed by atoms with Gasteiger partial charge in [-0.25, -0.2) is 0 Å². The predicted molar refractivity (Wildman–Crippen MR) is 81.5 cm³/mol. The van der Waals surface area contributed by atoms with Crippen LogP contribution in [0, 0.1) is 0 Å². The fourth-order valence-corrected chi connectivity index (χ4v) is 2.08. The molecule has 0 bridgehead atoms. The van der Waals surface area contributed by atoms with Crippen LogP contribution in [0.25, 0.3) is 0 Å². The minimum atomic E-state index is -2.01. The molecular formula is C14H15IO5. The molecule has 1 aromatic rings. The number of hydrogen-bond donors (Lipinski definition) is 2. The van der Waals surface area contributed by atoms with Gasteiger partial charge in [0.2, 0.25) is 0 Å². The van der Waals surface area contributed by atoms with Crippen molar-refractivity contribution in [1.29, 1.82) is 0 Å². The molecule has 0 spiro atoms. The fourth-order valence-electron chi connectivity index (χ4n) is 1.70. The number of rotatable bonds is 7. The van der Waals surface area contributed by atoms with Crippen molar-refractivity contribution in [3.05, 3.63) is 35.4 Å². The third kappa shape index (κ3) is 3.36. The van der Waals surface area contributed by atoms with Crippen LogP contribution in [0.4, 0.5) is 0 Å². The Morgan fingerprint density at radius 2 is 1.60 bits per heavy atom. The smallest absolute Gasteiger partial charge is 0.325 e. The number of carboxylic acid groups (broad SMARTS) is 2. The molecule has 0 aliphatic rings. The van der Waals surface area contributed by atoms with Gasteiger partial charge in [0, 0.05) is 12.0 Å². The third-order valence-electron chi connectivity index (χ3n) is 3.18. The third-order valence-corrected chi connectivity index (χ3v) is 3.94. The Hall–Kier alpha value is -1.44. The van der Waals surface area contributed by atoms with E-state index in [1.165, 1.54) is 24.3 Å². The van der Waals surface area contributed by atoms with Crippen molar-refractivity contribution in [2.24, 2.45) is 0 Å². The molecule has 0 radical (unpaired) electrons. The van der Waals surface area contributed by atoms with Gasteiger partial charge in [-0.3, -0.25) is 14.4 Å². The van der Waals surface area contributed by atoms with E-state index in [4.69, 9.17) is 10.2 Å². The first-order valence-corrected chi connectivity index (χ1v) is 7.53. The maximum Gasteiger partial charge on any atom is 0.325 e. The molecule has 6 heteroatoms. The Balaban J connectivity index is 3.04. The second-order valence-corrected chi connectivity index (χ2v) is 5.61. The predicted octanol–water partition coefficient (Wildman–Crippen LogP) is 2.51. The van der Waals surface area contributed by atoms with Gasteiger partial charge in [-0.2, -0.15) is 0 Å². The van der Waals surface area contributed by atoms with Crippen molar-refractivity contribution in [2.75, 3.05) is 4.43 Å². The monoisotopic (exact) mass is 390 g/mol. The molecule has 0 atom stereocenters. The van der Waals surface area contributed by atoms with Gasteiger partial charge in [0.05, 0.1) is 0 Å². The van der Waals surface area contributed by atoms with Crippen molar-refractivity contribution in [3.63, 3.8) is 0 Å². The number of carbonyl (C=O) groups is 3. The molecular weight excluding hydrogens is 375 g/mol. The van der Waals surface area contributed by atoms with Crippen LogP contribution >= 0.6 is 22.6 Å². The second kappa shape index (κ2) is 6.83. The summed E-state index contributed by atoms with van der Waals surface area (Å²) in [6.07, 6.45) is 1.21. The molecule has 5 nitrogen and oxygen atoms in total. The van der Waals surface area contributed by atoms with Crippen LogP contribution < -0.4 is 0 Å². The summed E-state index contributed by atoms with van der Waals surface area (Å²) in [4.78, 5) is 34.1. The first-order chi connectivity index (χ1) is 9.33. The van der Waals surface area contributed by atoms with Crippen LogP contribution in [0.5, 0.6) is 0 Å². The van der Waals surface area contributed by atoms with Crippen LogP contribution in [0.3, 0.4) is 0 Å². The van der Waals surface area contributed by atoms with Gasteiger partial charge >= 0.3 is 11.9 Å². The summed E-state index contributed by atoms with van der Waals surface area (Å²) in [5.74, 6) is -2.90. The molecule has 0 unspecified atom stereocenters. The van der Waals surface area contributed by atoms with E-state index in [2.05, 4.69) is 22.6 Å². The number of hydrogen-bond acceptors (Lipinski definition) is 3. The van der Waals surface area contributed by atoms with Crippen LogP contribution in [0.2, 0.25) is 0 Å². The number of ketones is 1. The van der Waals surface area contributed by atoms with E-state index in [0.717, 1.165) is 17.8 Å². The zero-order valence-corrected chi connectivity index (χ0v) is 13.1. The Bertz CT molecular complexity index is 507. The first-order valence-electron chi connectivity index (χ1n) is 6.00. The fraction of sp³-hybridized carbons (Fsp3) is 0.357. The van der Waals surface area contributed by atoms with Crippen molar-refractivity contribution < 1.29 is 24.6 Å². The Kier molecular flexibility index (Phi) is 5.67. The quantitative estimate of drug-likeness (QED) is 0.323. The molecule has 0 aromatic heterocycles. The SMILES string of the molecule is CC(C(=O)O)(C(=O)O)c1ccc(C(=O)CCCI)cc1. The standard InChI is InChI=1S/C14H15IO5/c1-14(12(17)18,13(19)20)10-6-4-9(5-7-10)11(16)3-2-8-15/h4-7H,2-3,8H2,1H3,(H,17,18)(H,19,20). The minimum Gasteiger partial charge on any atom is -0.480 e. The van der Waals surface area contributed by atoms with E-state index in [0.29, 0.717) is 12.0 Å². The van der Waals surface area contributed by atoms with Crippen LogP contribution in [0.1, 0.15) is 35.7 Å². The Labute approximate surface area is 130 Å². The highest BCUT2D eigenvalue weighted by Crippen LogP contribution is 2.25. The average molecular weight is 390 g/mol. The number of benzene rings is 1. The lowest BCUT2D eigenvalue weighted by Crippen LogP contribution is -2.40. The van der Waals surface area contributed by atoms with E-state index in [-0.39, 0.29) is 11.3 Å². The number of carboxylic acids is 2. The van der Waals surface area contributed by atoms with Crippen LogP contribution in [0.15, 0.2) is 24.3 Å². The van der Waals surface area contributed by atoms with Gasteiger partial charge in [-0.15, -0.1) is 0 Å². The summed E-state index contributed by atoms with van der Waals surface area (Å²) in [6.45, 7) is 1.13. The molecule has 0 heterocycles. The highest BCUT2D eigenvalue weighted by molar-refractivity contribution is 14.1. The molecule has 0 fully saturated rings. The van der Waals surface area contributed by atoms with Gasteiger partial charge in [0.25, 0.3) is 0 Å².